The first-order valence-electron chi connectivity index (χ1n) is 6.82. The van der Waals surface area contributed by atoms with Gasteiger partial charge in [0.1, 0.15) is 0 Å². The van der Waals surface area contributed by atoms with Crippen molar-refractivity contribution < 1.29 is 0 Å². The van der Waals surface area contributed by atoms with Crippen LogP contribution in [0.1, 0.15) is 51.0 Å². The van der Waals surface area contributed by atoms with Gasteiger partial charge in [0.2, 0.25) is 16.3 Å². The maximum absolute atomic E-state index is 2.27. The zero-order valence-electron chi connectivity index (χ0n) is 11.3. The minimum Gasteiger partial charge on any atom is -0.101 e. The lowest BCUT2D eigenvalue weighted by Gasteiger charge is -1.96. The molecule has 0 amide bonds. The van der Waals surface area contributed by atoms with Gasteiger partial charge in [-0.2, -0.15) is 0 Å². The third kappa shape index (κ3) is 11.8. The second-order valence-corrected chi connectivity index (χ2v) is 5.42. The van der Waals surface area contributed by atoms with Crippen molar-refractivity contribution in [1.29, 1.82) is 0 Å². The number of rotatable bonds is 6. The van der Waals surface area contributed by atoms with Gasteiger partial charge in [0, 0.05) is 0 Å². The van der Waals surface area contributed by atoms with E-state index in [2.05, 4.69) is 26.0 Å². The molecule has 0 fully saturated rings. The van der Waals surface area contributed by atoms with Crippen molar-refractivity contribution in [1.82, 2.24) is 0 Å². The van der Waals surface area contributed by atoms with Crippen LogP contribution in [-0.2, 0) is 0 Å². The van der Waals surface area contributed by atoms with Crippen LogP contribution < -0.4 is 0 Å². The monoisotopic (exact) mass is 234 g/mol. The average Bonchev–Trinajstić information content (AvgIpc) is 2.31. The highest BCUT2D eigenvalue weighted by Gasteiger charge is 1.85. The molecule has 0 aliphatic heterocycles. The molecule has 0 aliphatic rings. The van der Waals surface area contributed by atoms with Gasteiger partial charge >= 0.3 is 0 Å². The molecular formula is C15H27Al. The van der Waals surface area contributed by atoms with E-state index in [4.69, 9.17) is 0 Å². The molecular weight excluding hydrogens is 207 g/mol. The number of hydrogen-bond donors (Lipinski definition) is 0. The van der Waals surface area contributed by atoms with Crippen molar-refractivity contribution in [2.75, 3.05) is 0 Å². The topological polar surface area (TPSA) is 0 Å². The van der Waals surface area contributed by atoms with Crippen LogP contribution in [0.2, 0.25) is 5.28 Å². The van der Waals surface area contributed by atoms with Gasteiger partial charge in [-0.05, 0) is 6.92 Å². The summed E-state index contributed by atoms with van der Waals surface area (Å²) in [6.07, 6.45) is 8.76. The summed E-state index contributed by atoms with van der Waals surface area (Å²) in [7, 11) is 0. The largest absolute Gasteiger partial charge is 0.211 e. The predicted octanol–water partition coefficient (Wildman–Crippen LogP) is 4.39. The van der Waals surface area contributed by atoms with Crippen molar-refractivity contribution >= 4 is 16.3 Å². The first-order chi connectivity index (χ1) is 7.81. The van der Waals surface area contributed by atoms with Crippen LogP contribution in [0, 0.1) is 6.92 Å². The summed E-state index contributed by atoms with van der Waals surface area (Å²) in [6, 6.07) is 10.3. The van der Waals surface area contributed by atoms with Gasteiger partial charge in [0.15, 0.2) is 0 Å². The van der Waals surface area contributed by atoms with E-state index in [1.54, 1.807) is 0 Å². The van der Waals surface area contributed by atoms with Gasteiger partial charge in [0.25, 0.3) is 0 Å². The molecule has 1 aromatic carbocycles. The SMILES string of the molecule is CCCCCCC[CH2][AlH2].Cc1ccccc1. The third-order valence-electron chi connectivity index (χ3n) is 2.65. The lowest BCUT2D eigenvalue weighted by Crippen LogP contribution is -1.77. The molecule has 1 aromatic rings. The number of hydrogen-bond acceptors (Lipinski definition) is 0. The smallest absolute Gasteiger partial charge is 0.101 e. The highest BCUT2D eigenvalue weighted by Crippen LogP contribution is 2.05. The summed E-state index contributed by atoms with van der Waals surface area (Å²) in [5.41, 5.74) is 1.32. The summed E-state index contributed by atoms with van der Waals surface area (Å²) >= 11 is 1.41. The second-order valence-electron chi connectivity index (χ2n) is 4.42. The lowest BCUT2D eigenvalue weighted by molar-refractivity contribution is 0.624. The zero-order chi connectivity index (χ0) is 12.1. The number of benzene rings is 1. The minimum atomic E-state index is 1.32. The van der Waals surface area contributed by atoms with E-state index in [-0.39, 0.29) is 0 Å². The molecule has 90 valence electrons. The first-order valence-corrected chi connectivity index (χ1v) is 8.24. The Kier molecular flexibility index (Phi) is 12.6. The van der Waals surface area contributed by atoms with Gasteiger partial charge < -0.3 is 0 Å². The Balaban J connectivity index is 0.000000288. The van der Waals surface area contributed by atoms with Crippen LogP contribution >= 0.6 is 0 Å². The normalized spacial score (nSPS) is 9.38. The molecule has 0 bridgehead atoms. The predicted molar refractivity (Wildman–Crippen MR) is 77.9 cm³/mol. The first kappa shape index (κ1) is 15.8. The fraction of sp³-hybridized carbons (Fsp3) is 0.600. The second kappa shape index (κ2) is 12.8. The zero-order valence-corrected chi connectivity index (χ0v) is 13.3. The van der Waals surface area contributed by atoms with Crippen molar-refractivity contribution in [3.63, 3.8) is 0 Å². The van der Waals surface area contributed by atoms with E-state index < -0.39 is 0 Å². The van der Waals surface area contributed by atoms with E-state index in [0.29, 0.717) is 0 Å². The molecule has 0 unspecified atom stereocenters. The molecule has 1 rings (SSSR count). The third-order valence-corrected chi connectivity index (χ3v) is 3.35. The summed E-state index contributed by atoms with van der Waals surface area (Å²) in [5.74, 6) is 0. The Labute approximate surface area is 110 Å². The van der Waals surface area contributed by atoms with Crippen molar-refractivity contribution in [2.24, 2.45) is 0 Å². The molecule has 0 spiro atoms. The highest BCUT2D eigenvalue weighted by molar-refractivity contribution is 6.08. The fourth-order valence-corrected chi connectivity index (χ4v) is 2.06. The summed E-state index contributed by atoms with van der Waals surface area (Å²) in [5, 5.41) is 1.51. The van der Waals surface area contributed by atoms with Gasteiger partial charge in [-0.3, -0.25) is 0 Å². The van der Waals surface area contributed by atoms with Crippen molar-refractivity contribution in [3.05, 3.63) is 35.9 Å². The van der Waals surface area contributed by atoms with Crippen LogP contribution in [0.3, 0.4) is 0 Å². The van der Waals surface area contributed by atoms with Gasteiger partial charge in [-0.25, -0.2) is 0 Å². The van der Waals surface area contributed by atoms with Crippen LogP contribution in [-0.4, -0.2) is 16.3 Å². The number of unbranched alkanes of at least 4 members (excludes halogenated alkanes) is 5. The molecule has 0 aromatic heterocycles. The summed E-state index contributed by atoms with van der Waals surface area (Å²) < 4.78 is 0. The fourth-order valence-electron chi connectivity index (χ4n) is 1.56. The Morgan fingerprint density at radius 1 is 0.875 bits per heavy atom. The van der Waals surface area contributed by atoms with Crippen molar-refractivity contribution in [2.45, 2.75) is 57.7 Å². The van der Waals surface area contributed by atoms with Gasteiger partial charge in [-0.1, -0.05) is 81.3 Å². The molecule has 0 N–H and O–H groups in total. The molecule has 0 heterocycles. The Morgan fingerprint density at radius 2 is 1.44 bits per heavy atom. The van der Waals surface area contributed by atoms with Crippen LogP contribution in [0.4, 0.5) is 0 Å². The Morgan fingerprint density at radius 3 is 1.88 bits per heavy atom. The average molecular weight is 234 g/mol. The molecule has 0 atom stereocenters. The summed E-state index contributed by atoms with van der Waals surface area (Å²) in [6.45, 7) is 4.35. The number of aryl methyl sites for hydroxylation is 1. The Hall–Kier alpha value is -0.248. The van der Waals surface area contributed by atoms with E-state index in [1.165, 1.54) is 65.7 Å². The quantitative estimate of drug-likeness (QED) is 0.506. The highest BCUT2D eigenvalue weighted by atomic mass is 27.0. The minimum absolute atomic E-state index is 1.32. The van der Waals surface area contributed by atoms with Crippen LogP contribution in [0.5, 0.6) is 0 Å². The molecule has 0 saturated heterocycles. The van der Waals surface area contributed by atoms with Crippen LogP contribution in [0.15, 0.2) is 30.3 Å². The van der Waals surface area contributed by atoms with Gasteiger partial charge in [0.05, 0.1) is 0 Å². The maximum Gasteiger partial charge on any atom is 0.211 e. The summed E-state index contributed by atoms with van der Waals surface area (Å²) in [4.78, 5) is 0. The van der Waals surface area contributed by atoms with E-state index in [0.717, 1.165) is 0 Å². The maximum atomic E-state index is 2.27. The molecule has 0 nitrogen and oxygen atoms in total. The van der Waals surface area contributed by atoms with E-state index in [9.17, 15) is 0 Å². The lowest BCUT2D eigenvalue weighted by atomic mass is 10.1. The Bertz CT molecular complexity index is 212. The van der Waals surface area contributed by atoms with Crippen molar-refractivity contribution in [3.8, 4) is 0 Å². The molecule has 0 radical (unpaired) electrons. The van der Waals surface area contributed by atoms with Gasteiger partial charge in [-0.15, -0.1) is 5.28 Å². The molecule has 1 heteroatoms. The standard InChI is InChI=1S/C8H17.C7H8.Al.2H/c1-3-5-7-8-6-4-2;1-7-5-3-2-4-6-7;;;/h1,3-8H2,2H3;2-6H,1H3;;;. The molecule has 0 saturated carbocycles. The molecule has 0 aliphatic carbocycles. The molecule has 16 heavy (non-hydrogen) atoms. The van der Waals surface area contributed by atoms with E-state index >= 15 is 0 Å². The van der Waals surface area contributed by atoms with Crippen LogP contribution in [0.25, 0.3) is 0 Å². The van der Waals surface area contributed by atoms with E-state index in [1.807, 2.05) is 18.2 Å².